The average molecular weight is 1030 g/mol. The molecule has 3 N–H and O–H groups in total. The van der Waals surface area contributed by atoms with Crippen LogP contribution < -0.4 is 20.2 Å². The van der Waals surface area contributed by atoms with Crippen molar-refractivity contribution in [1.82, 2.24) is 29.5 Å². The predicted octanol–water partition coefficient (Wildman–Crippen LogP) is 11.2. The first-order valence-corrected chi connectivity index (χ1v) is 36.9. The smallest absolute Gasteiger partial charge is 0.411 e. The molecule has 0 spiro atoms. The fraction of sp³-hybridized carbons (Fsp3) is 0.628. The summed E-state index contributed by atoms with van der Waals surface area (Å²) >= 11 is 0. The van der Waals surface area contributed by atoms with E-state index in [1.807, 2.05) is 46.1 Å². The molecular weight excluding hydrogens is 958 g/mol. The summed E-state index contributed by atoms with van der Waals surface area (Å²) in [6.45, 7) is 37.3. The number of nitrogens with one attached hydrogen (secondary N) is 3. The van der Waals surface area contributed by atoms with E-state index in [0.717, 1.165) is 36.5 Å². The maximum absolute atomic E-state index is 12.9. The second-order valence-corrected chi connectivity index (χ2v) is 44.3. The van der Waals surface area contributed by atoms with Gasteiger partial charge in [-0.25, -0.2) is 14.3 Å². The maximum Gasteiger partial charge on any atom is 0.534 e. The monoisotopic (exact) mass is 1030 g/mol. The first-order chi connectivity index (χ1) is 30.4. The first-order valence-electron chi connectivity index (χ1n) is 22.2. The summed E-state index contributed by atoms with van der Waals surface area (Å²) in [5.41, 5.74) is -4.69. The van der Waals surface area contributed by atoms with E-state index in [9.17, 15) is 26.4 Å². The Labute approximate surface area is 399 Å². The highest BCUT2D eigenvalue weighted by atomic mass is 32.2. The number of rotatable bonds is 22. The molecule has 0 saturated carbocycles. The summed E-state index contributed by atoms with van der Waals surface area (Å²) in [5, 5.41) is 14.8. The van der Waals surface area contributed by atoms with Crippen molar-refractivity contribution >= 4 is 66.2 Å². The quantitative estimate of drug-likeness (QED) is 0.0292. The highest BCUT2D eigenvalue weighted by Gasteiger charge is 2.48. The maximum atomic E-state index is 12.9. The van der Waals surface area contributed by atoms with Crippen LogP contribution in [0.25, 0.3) is 0 Å². The molecule has 4 rings (SSSR count). The van der Waals surface area contributed by atoms with Gasteiger partial charge in [0.05, 0.1) is 18.9 Å². The molecule has 378 valence electrons. The largest absolute Gasteiger partial charge is 0.534 e. The van der Waals surface area contributed by atoms with Gasteiger partial charge in [0.15, 0.2) is 33.7 Å². The number of halogens is 3. The van der Waals surface area contributed by atoms with Crippen LogP contribution in [0.15, 0.2) is 53.6 Å². The van der Waals surface area contributed by atoms with Gasteiger partial charge in [-0.15, -0.1) is 0 Å². The zero-order chi connectivity index (χ0) is 50.9. The minimum atomic E-state index is -5.86. The van der Waals surface area contributed by atoms with Crippen molar-refractivity contribution in [3.63, 3.8) is 0 Å². The van der Waals surface area contributed by atoms with Crippen molar-refractivity contribution in [2.75, 3.05) is 23.8 Å². The molecular formula is C43H75F3N8O8SSi4. The van der Waals surface area contributed by atoms with E-state index in [1.165, 1.54) is 6.07 Å². The topological polar surface area (TPSA) is 186 Å². The molecule has 0 bridgehead atoms. The number of ether oxygens (including phenoxy) is 2. The minimum absolute atomic E-state index is 0.0339. The van der Waals surface area contributed by atoms with Crippen LogP contribution in [0.3, 0.4) is 0 Å². The number of hydrogen-bond acceptors (Lipinski definition) is 13. The van der Waals surface area contributed by atoms with E-state index in [0.29, 0.717) is 37.4 Å². The standard InChI is InChI=1S/C22H37F3N4O5SSi2.C21H38N4O3Si2/c1-21(2,3)37(7,8)33-15-17-13-18(34-35(30,31)22(23,24)25)14-20(26-17)27-19-9-10-29(28-19)16-32-11-12-36(4,5)6;1-21(2,3)30(7,8)28-15-17-13-18(26)14-20(22-17)23-19-9-10-25(24-19)16-27-11-12-29(4,5)6/h9-10,13-14H,11-12,15-16H2,1-8H3,(H,26,27,28);9-10,13-14H,11-12,15-16H2,1-8H3,(H2,22,23,24,26). The van der Waals surface area contributed by atoms with E-state index in [2.05, 4.69) is 108 Å². The van der Waals surface area contributed by atoms with Crippen molar-refractivity contribution in [2.24, 2.45) is 0 Å². The fourth-order valence-corrected chi connectivity index (χ4v) is 8.80. The van der Waals surface area contributed by atoms with Crippen LogP contribution in [0, 0.1) is 0 Å². The third-order valence-electron chi connectivity index (χ3n) is 11.3. The Morgan fingerprint density at radius 2 is 1.15 bits per heavy atom. The van der Waals surface area contributed by atoms with E-state index >= 15 is 0 Å². The van der Waals surface area contributed by atoms with Crippen molar-refractivity contribution in [3.05, 3.63) is 70.4 Å². The Balaban J connectivity index is 0.000000363. The minimum Gasteiger partial charge on any atom is -0.411 e. The number of nitrogens with zero attached hydrogens (tertiary/aromatic N) is 5. The van der Waals surface area contributed by atoms with Gasteiger partial charge in [-0.1, -0.05) is 80.8 Å². The highest BCUT2D eigenvalue weighted by Crippen LogP contribution is 2.38. The van der Waals surface area contributed by atoms with Gasteiger partial charge in [0.25, 0.3) is 0 Å². The number of H-pyrrole nitrogens is 1. The molecule has 0 radical (unpaired) electrons. The second kappa shape index (κ2) is 22.9. The molecule has 0 unspecified atom stereocenters. The van der Waals surface area contributed by atoms with E-state index in [1.54, 1.807) is 27.7 Å². The Morgan fingerprint density at radius 3 is 1.61 bits per heavy atom. The molecule has 0 saturated heterocycles. The third-order valence-corrected chi connectivity index (χ3v) is 24.6. The van der Waals surface area contributed by atoms with Gasteiger partial charge in [0.1, 0.15) is 30.8 Å². The lowest BCUT2D eigenvalue weighted by Crippen LogP contribution is -2.40. The normalized spacial score (nSPS) is 13.3. The Morgan fingerprint density at radius 1 is 0.672 bits per heavy atom. The molecule has 0 aliphatic heterocycles. The molecule has 0 aromatic carbocycles. The van der Waals surface area contributed by atoms with Crippen LogP contribution in [0.2, 0.25) is 87.6 Å². The van der Waals surface area contributed by atoms with Crippen LogP contribution in [0.1, 0.15) is 52.9 Å². The van der Waals surface area contributed by atoms with Gasteiger partial charge in [0.2, 0.25) is 0 Å². The molecule has 4 aromatic heterocycles. The molecule has 67 heavy (non-hydrogen) atoms. The van der Waals surface area contributed by atoms with E-state index in [-0.39, 0.29) is 40.4 Å². The Kier molecular flexibility index (Phi) is 19.7. The summed E-state index contributed by atoms with van der Waals surface area (Å²) < 4.78 is 93.3. The van der Waals surface area contributed by atoms with Crippen LogP contribution in [-0.4, -0.2) is 89.5 Å². The zero-order valence-corrected chi connectivity index (χ0v) is 47.1. The van der Waals surface area contributed by atoms with Gasteiger partial charge < -0.3 is 38.1 Å². The van der Waals surface area contributed by atoms with Crippen LogP contribution in [0.5, 0.6) is 5.75 Å². The van der Waals surface area contributed by atoms with Crippen molar-refractivity contribution in [3.8, 4) is 5.75 Å². The number of aromatic amines is 1. The van der Waals surface area contributed by atoms with Gasteiger partial charge in [-0.05, 0) is 48.4 Å². The number of hydrogen-bond donors (Lipinski definition) is 3. The lowest BCUT2D eigenvalue weighted by atomic mass is 10.2. The Bertz CT molecular complexity index is 2370. The molecule has 0 aliphatic carbocycles. The summed E-state index contributed by atoms with van der Waals surface area (Å²) in [6, 6.07) is 10.9. The summed E-state index contributed by atoms with van der Waals surface area (Å²) in [6.07, 6.45) is 3.53. The first kappa shape index (κ1) is 57.7. The van der Waals surface area contributed by atoms with Gasteiger partial charge in [0, 0.05) is 83.8 Å². The SMILES string of the molecule is CC(C)(C)[Si](C)(C)OCc1cc(=O)cc(Nc2ccn(COCC[Si](C)(C)C)n2)[nH]1.CC(C)(C)[Si](C)(C)OCc1cc(OS(=O)(=O)C(F)(F)F)cc(Nc2ccn(COCC[Si](C)(C)C)n2)n1. The molecule has 24 heteroatoms. The molecule has 4 heterocycles. The highest BCUT2D eigenvalue weighted by molar-refractivity contribution is 7.88. The molecule has 4 aromatic rings. The average Bonchev–Trinajstić information content (AvgIpc) is 3.80. The predicted molar refractivity (Wildman–Crippen MR) is 270 cm³/mol. The molecule has 16 nitrogen and oxygen atoms in total. The summed E-state index contributed by atoms with van der Waals surface area (Å²) in [5.74, 6) is 1.10. The zero-order valence-electron chi connectivity index (χ0n) is 42.3. The number of alkyl halides is 3. The molecule has 0 atom stereocenters. The van der Waals surface area contributed by atoms with E-state index in [4.69, 9.17) is 18.3 Å². The van der Waals surface area contributed by atoms with Crippen molar-refractivity contribution in [1.29, 1.82) is 0 Å². The number of aromatic nitrogens is 6. The van der Waals surface area contributed by atoms with E-state index < -0.39 is 54.2 Å². The lowest BCUT2D eigenvalue weighted by Gasteiger charge is -2.36. The number of anilines is 4. The van der Waals surface area contributed by atoms with Crippen LogP contribution >= 0.6 is 0 Å². The molecule has 0 amide bonds. The summed E-state index contributed by atoms with van der Waals surface area (Å²) in [7, 11) is -12.3. The number of pyridine rings is 2. The van der Waals surface area contributed by atoms with Crippen LogP contribution in [-0.2, 0) is 55.1 Å². The van der Waals surface area contributed by atoms with Gasteiger partial charge in [-0.2, -0.15) is 31.8 Å². The van der Waals surface area contributed by atoms with Crippen LogP contribution in [0.4, 0.5) is 36.4 Å². The lowest BCUT2D eigenvalue weighted by molar-refractivity contribution is -0.0500. The van der Waals surface area contributed by atoms with Gasteiger partial charge >= 0.3 is 15.6 Å². The second-order valence-electron chi connectivity index (χ2n) is 21.9. The Hall–Kier alpha value is -3.63. The van der Waals surface area contributed by atoms with Crippen molar-refractivity contribution in [2.45, 2.75) is 161 Å². The fourth-order valence-electron chi connectivity index (χ4n) is 4.95. The summed E-state index contributed by atoms with van der Waals surface area (Å²) in [4.78, 5) is 19.8. The van der Waals surface area contributed by atoms with Crippen molar-refractivity contribution < 1.29 is 44.1 Å². The molecule has 0 fully saturated rings. The molecule has 0 aliphatic rings. The third kappa shape index (κ3) is 20.1. The van der Waals surface area contributed by atoms with Gasteiger partial charge in [-0.3, -0.25) is 4.79 Å².